The van der Waals surface area contributed by atoms with E-state index in [1.807, 2.05) is 4.90 Å². The number of nitrogens with zero attached hydrogens (tertiary/aromatic N) is 3. The minimum absolute atomic E-state index is 0.177. The maximum Gasteiger partial charge on any atom is 0.290 e. The maximum atomic E-state index is 12.4. The lowest BCUT2D eigenvalue weighted by atomic mass is 10.0. The van der Waals surface area contributed by atoms with Crippen molar-refractivity contribution in [3.05, 3.63) is 18.2 Å². The van der Waals surface area contributed by atoms with Crippen molar-refractivity contribution in [1.29, 1.82) is 0 Å². The summed E-state index contributed by atoms with van der Waals surface area (Å²) in [5.41, 5.74) is 0.881. The summed E-state index contributed by atoms with van der Waals surface area (Å²) in [7, 11) is 0. The van der Waals surface area contributed by atoms with Crippen LogP contribution in [0.1, 0.15) is 25.5 Å². The van der Waals surface area contributed by atoms with Crippen LogP contribution >= 0.6 is 0 Å². The van der Waals surface area contributed by atoms with E-state index in [1.165, 1.54) is 12.8 Å². The van der Waals surface area contributed by atoms with Crippen LogP contribution in [-0.4, -0.2) is 93.8 Å². The number of aromatic nitrogens is 2. The average molecular weight is 384 g/mol. The molecule has 1 amide bonds. The zero-order valence-electron chi connectivity index (χ0n) is 15.5. The molecule has 0 saturated carbocycles. The summed E-state index contributed by atoms with van der Waals surface area (Å²) in [6.45, 7) is 5.87. The summed E-state index contributed by atoms with van der Waals surface area (Å²) in [4.78, 5) is 40.6. The number of piperazine rings is 1. The molecule has 0 aromatic carbocycles. The van der Waals surface area contributed by atoms with Gasteiger partial charge in [-0.15, -0.1) is 0 Å². The molecule has 2 fully saturated rings. The molecule has 2 aliphatic rings. The molecular formula is C17H28N4O6. The van der Waals surface area contributed by atoms with E-state index in [2.05, 4.69) is 21.8 Å². The lowest BCUT2D eigenvalue weighted by Crippen LogP contribution is -2.62. The monoisotopic (exact) mass is 384 g/mol. The Kier molecular flexibility index (Phi) is 10.7. The van der Waals surface area contributed by atoms with Crippen LogP contribution in [0.3, 0.4) is 0 Å². The number of amides is 1. The highest BCUT2D eigenvalue weighted by Gasteiger charge is 2.36. The number of ether oxygens (including phenoxy) is 1. The van der Waals surface area contributed by atoms with Crippen LogP contribution in [0.4, 0.5) is 0 Å². The van der Waals surface area contributed by atoms with Crippen molar-refractivity contribution in [1.82, 2.24) is 19.8 Å². The number of aromatic amines is 1. The molecule has 3 rings (SSSR count). The lowest BCUT2D eigenvalue weighted by Gasteiger charge is -2.48. The van der Waals surface area contributed by atoms with Crippen molar-refractivity contribution in [3.8, 4) is 0 Å². The summed E-state index contributed by atoms with van der Waals surface area (Å²) in [5.74, 6) is 0.177. The zero-order chi connectivity index (χ0) is 20.1. The first-order valence-electron chi connectivity index (χ1n) is 8.85. The molecule has 10 nitrogen and oxygen atoms in total. The number of nitrogens with one attached hydrogen (secondary N) is 1. The van der Waals surface area contributed by atoms with Gasteiger partial charge in [-0.05, 0) is 6.42 Å². The van der Waals surface area contributed by atoms with Gasteiger partial charge < -0.3 is 24.8 Å². The molecule has 0 unspecified atom stereocenters. The van der Waals surface area contributed by atoms with Gasteiger partial charge in [0.2, 0.25) is 5.91 Å². The number of hydrogen-bond donors (Lipinski definition) is 3. The highest BCUT2D eigenvalue weighted by atomic mass is 16.5. The third kappa shape index (κ3) is 7.35. The van der Waals surface area contributed by atoms with Crippen LogP contribution in [0.5, 0.6) is 0 Å². The van der Waals surface area contributed by atoms with E-state index in [1.54, 1.807) is 12.5 Å². The van der Waals surface area contributed by atoms with Crippen LogP contribution in [0.15, 0.2) is 12.5 Å². The Bertz CT molecular complexity index is 546. The fourth-order valence-electron chi connectivity index (χ4n) is 3.40. The first kappa shape index (κ1) is 22.6. The standard InChI is InChI=1S/C15H24N4O2.2CH2O2/c1-2-3-13-9-21-10-14-8-18(4-5-19(13)14)15(20)6-12-7-16-11-17-12;2*2-1-3/h7,11,13-14H,2-6,8-10H2,1H3,(H,16,17);2*1H,(H,2,3)/t13-,14+;;/m0../s1. The number of carbonyl (C=O) groups excluding carboxylic acids is 1. The molecule has 0 radical (unpaired) electrons. The molecule has 1 aromatic rings. The minimum Gasteiger partial charge on any atom is -0.483 e. The van der Waals surface area contributed by atoms with Gasteiger partial charge in [0.05, 0.1) is 32.0 Å². The van der Waals surface area contributed by atoms with Crippen LogP contribution in [-0.2, 0) is 25.5 Å². The predicted molar refractivity (Wildman–Crippen MR) is 96.3 cm³/mol. The summed E-state index contributed by atoms with van der Waals surface area (Å²) in [6, 6.07) is 0.883. The minimum atomic E-state index is -0.250. The molecule has 27 heavy (non-hydrogen) atoms. The number of rotatable bonds is 4. The third-order valence-corrected chi connectivity index (χ3v) is 4.49. The maximum absolute atomic E-state index is 12.4. The molecule has 10 heteroatoms. The van der Waals surface area contributed by atoms with Gasteiger partial charge in [0.25, 0.3) is 12.9 Å². The van der Waals surface area contributed by atoms with Crippen molar-refractivity contribution in [3.63, 3.8) is 0 Å². The normalized spacial score (nSPS) is 21.6. The van der Waals surface area contributed by atoms with Crippen molar-refractivity contribution < 1.29 is 29.3 Å². The van der Waals surface area contributed by atoms with Gasteiger partial charge >= 0.3 is 0 Å². The number of fused-ring (bicyclic) bond motifs is 1. The molecule has 2 saturated heterocycles. The number of carboxylic acid groups (broad SMARTS) is 2. The largest absolute Gasteiger partial charge is 0.483 e. The Morgan fingerprint density at radius 3 is 2.63 bits per heavy atom. The second kappa shape index (κ2) is 12.8. The quantitative estimate of drug-likeness (QED) is 0.620. The second-order valence-electron chi connectivity index (χ2n) is 6.18. The van der Waals surface area contributed by atoms with Crippen LogP contribution in [0.2, 0.25) is 0 Å². The first-order chi connectivity index (χ1) is 13.1. The zero-order valence-corrected chi connectivity index (χ0v) is 15.5. The Labute approximate surface area is 158 Å². The van der Waals surface area contributed by atoms with Crippen LogP contribution < -0.4 is 0 Å². The molecule has 3 heterocycles. The summed E-state index contributed by atoms with van der Waals surface area (Å²) >= 11 is 0. The van der Waals surface area contributed by atoms with Crippen LogP contribution in [0.25, 0.3) is 0 Å². The van der Waals surface area contributed by atoms with Gasteiger partial charge in [0, 0.05) is 37.6 Å². The molecule has 0 bridgehead atoms. The molecule has 2 atom stereocenters. The van der Waals surface area contributed by atoms with Gasteiger partial charge in [0.15, 0.2) is 0 Å². The van der Waals surface area contributed by atoms with E-state index in [4.69, 9.17) is 24.5 Å². The van der Waals surface area contributed by atoms with Crippen molar-refractivity contribution >= 4 is 18.9 Å². The van der Waals surface area contributed by atoms with Gasteiger partial charge in [-0.3, -0.25) is 19.3 Å². The Balaban J connectivity index is 0.000000540. The topological polar surface area (TPSA) is 136 Å². The Hall–Kier alpha value is -2.46. The lowest BCUT2D eigenvalue weighted by molar-refractivity contribution is -0.139. The molecule has 0 aliphatic carbocycles. The van der Waals surface area contributed by atoms with Gasteiger partial charge in [0.1, 0.15) is 0 Å². The number of hydrogen-bond acceptors (Lipinski definition) is 6. The van der Waals surface area contributed by atoms with E-state index in [0.29, 0.717) is 18.5 Å². The van der Waals surface area contributed by atoms with E-state index >= 15 is 0 Å². The van der Waals surface area contributed by atoms with E-state index in [9.17, 15) is 4.79 Å². The second-order valence-corrected chi connectivity index (χ2v) is 6.18. The highest BCUT2D eigenvalue weighted by molar-refractivity contribution is 5.78. The number of imidazole rings is 1. The Morgan fingerprint density at radius 1 is 1.33 bits per heavy atom. The fraction of sp³-hybridized carbons (Fsp3) is 0.647. The number of carbonyl (C=O) groups is 3. The summed E-state index contributed by atoms with van der Waals surface area (Å²) in [5, 5.41) is 13.8. The van der Waals surface area contributed by atoms with Gasteiger partial charge in [-0.1, -0.05) is 13.3 Å². The van der Waals surface area contributed by atoms with Crippen molar-refractivity contribution in [2.45, 2.75) is 38.3 Å². The smallest absolute Gasteiger partial charge is 0.290 e. The third-order valence-electron chi connectivity index (χ3n) is 4.49. The molecule has 0 spiro atoms. The van der Waals surface area contributed by atoms with E-state index < -0.39 is 0 Å². The van der Waals surface area contributed by atoms with Crippen LogP contribution in [0, 0.1) is 0 Å². The Morgan fingerprint density at radius 2 is 2.04 bits per heavy atom. The van der Waals surface area contributed by atoms with E-state index in [-0.39, 0.29) is 18.9 Å². The molecule has 2 aliphatic heterocycles. The number of morpholine rings is 1. The van der Waals surface area contributed by atoms with Crippen molar-refractivity contribution in [2.75, 3.05) is 32.8 Å². The molecule has 3 N–H and O–H groups in total. The average Bonchev–Trinajstić information content (AvgIpc) is 3.16. The number of H-pyrrole nitrogens is 1. The summed E-state index contributed by atoms with van der Waals surface area (Å²) < 4.78 is 5.74. The predicted octanol–water partition coefficient (Wildman–Crippen LogP) is 0.0655. The summed E-state index contributed by atoms with van der Waals surface area (Å²) in [6.07, 6.45) is 6.10. The molecular weight excluding hydrogens is 356 g/mol. The molecule has 1 aromatic heterocycles. The molecule has 152 valence electrons. The fourth-order valence-corrected chi connectivity index (χ4v) is 3.40. The first-order valence-corrected chi connectivity index (χ1v) is 8.85. The van der Waals surface area contributed by atoms with E-state index in [0.717, 1.165) is 38.5 Å². The van der Waals surface area contributed by atoms with Gasteiger partial charge in [-0.25, -0.2) is 4.98 Å². The van der Waals surface area contributed by atoms with Gasteiger partial charge in [-0.2, -0.15) is 0 Å². The highest BCUT2D eigenvalue weighted by Crippen LogP contribution is 2.21. The van der Waals surface area contributed by atoms with Crippen molar-refractivity contribution in [2.24, 2.45) is 0 Å². The SMILES string of the molecule is CCC[C@H]1COC[C@H]2CN(C(=O)Cc3cnc[nH]3)CCN12.O=CO.O=CO.